The van der Waals surface area contributed by atoms with Crippen molar-refractivity contribution in [3.8, 4) is 0 Å². The topological polar surface area (TPSA) is 117 Å². The Bertz CT molecular complexity index is 448. The van der Waals surface area contributed by atoms with Crippen LogP contribution in [-0.2, 0) is 4.79 Å². The van der Waals surface area contributed by atoms with Crippen LogP contribution in [0.4, 0.5) is 10.7 Å². The fourth-order valence-electron chi connectivity index (χ4n) is 0.906. The first-order valence-corrected chi connectivity index (χ1v) is 4.88. The Kier molecular flexibility index (Phi) is 3.91. The van der Waals surface area contributed by atoms with Gasteiger partial charge in [0.2, 0.25) is 0 Å². The Labute approximate surface area is 97.5 Å². The molecule has 17 heavy (non-hydrogen) atoms. The Balaban J connectivity index is 2.62. The first-order chi connectivity index (χ1) is 7.90. The van der Waals surface area contributed by atoms with E-state index in [0.29, 0.717) is 11.4 Å². The number of carboxylic acids is 1. The van der Waals surface area contributed by atoms with Gasteiger partial charge in [-0.1, -0.05) is 0 Å². The average Bonchev–Trinajstić information content (AvgIpc) is 2.23. The number of nitrogens with one attached hydrogen (secondary N) is 2. The van der Waals surface area contributed by atoms with E-state index in [0.717, 1.165) is 0 Å². The van der Waals surface area contributed by atoms with Crippen LogP contribution in [0.2, 0.25) is 0 Å². The van der Waals surface area contributed by atoms with E-state index in [4.69, 9.17) is 5.11 Å². The molecule has 8 nitrogen and oxygen atoms in total. The van der Waals surface area contributed by atoms with Gasteiger partial charge in [-0.25, -0.2) is 9.78 Å². The second kappa shape index (κ2) is 5.19. The predicted octanol–water partition coefficient (Wildman–Crippen LogP) is 0.0830. The van der Waals surface area contributed by atoms with Crippen molar-refractivity contribution in [2.24, 2.45) is 0 Å². The fraction of sp³-hybridized carbons (Fsp3) is 0.444. The zero-order valence-corrected chi connectivity index (χ0v) is 9.68. The molecule has 0 fully saturated rings. The highest BCUT2D eigenvalue weighted by atomic mass is 16.4. The third-order valence-corrected chi connectivity index (χ3v) is 2.04. The molecule has 1 aromatic heterocycles. The SMILES string of the molecule is Cc1nnc(NC(=O)N[C@H](C)C(=O)O)nc1C. The third-order valence-electron chi connectivity index (χ3n) is 2.04. The highest BCUT2D eigenvalue weighted by Gasteiger charge is 2.14. The van der Waals surface area contributed by atoms with Crippen LogP contribution in [0, 0.1) is 13.8 Å². The summed E-state index contributed by atoms with van der Waals surface area (Å²) in [4.78, 5) is 25.8. The number of aromatic nitrogens is 3. The van der Waals surface area contributed by atoms with Gasteiger partial charge in [0.1, 0.15) is 6.04 Å². The van der Waals surface area contributed by atoms with Crippen LogP contribution in [0.5, 0.6) is 0 Å². The number of carboxylic acid groups (broad SMARTS) is 1. The molecule has 0 aromatic carbocycles. The maximum Gasteiger partial charge on any atom is 0.325 e. The summed E-state index contributed by atoms with van der Waals surface area (Å²) in [7, 11) is 0. The van der Waals surface area contributed by atoms with Crippen molar-refractivity contribution in [1.82, 2.24) is 20.5 Å². The highest BCUT2D eigenvalue weighted by molar-refractivity contribution is 5.90. The second-order valence-corrected chi connectivity index (χ2v) is 3.46. The van der Waals surface area contributed by atoms with Gasteiger partial charge in [-0.15, -0.1) is 5.10 Å². The van der Waals surface area contributed by atoms with Gasteiger partial charge in [-0.3, -0.25) is 10.1 Å². The molecular formula is C9H13N5O3. The maximum atomic E-state index is 11.3. The highest BCUT2D eigenvalue weighted by Crippen LogP contribution is 2.01. The number of urea groups is 1. The molecule has 0 spiro atoms. The lowest BCUT2D eigenvalue weighted by atomic mass is 10.3. The van der Waals surface area contributed by atoms with Crippen LogP contribution < -0.4 is 10.6 Å². The number of aryl methyl sites for hydroxylation is 2. The Hall–Kier alpha value is -2.25. The number of aliphatic carboxylic acids is 1. The molecule has 0 bridgehead atoms. The van der Waals surface area contributed by atoms with E-state index in [-0.39, 0.29) is 5.95 Å². The van der Waals surface area contributed by atoms with Crippen molar-refractivity contribution in [1.29, 1.82) is 0 Å². The summed E-state index contributed by atoms with van der Waals surface area (Å²) < 4.78 is 0. The van der Waals surface area contributed by atoms with Gasteiger partial charge in [0.05, 0.1) is 11.4 Å². The molecule has 0 saturated heterocycles. The lowest BCUT2D eigenvalue weighted by Gasteiger charge is -2.09. The molecule has 1 aromatic rings. The normalized spacial score (nSPS) is 11.7. The minimum atomic E-state index is -1.13. The quantitative estimate of drug-likeness (QED) is 0.687. The number of hydrogen-bond acceptors (Lipinski definition) is 5. The molecule has 1 heterocycles. The molecule has 0 aliphatic carbocycles. The number of carbonyl (C=O) groups excluding carboxylic acids is 1. The van der Waals surface area contributed by atoms with Gasteiger partial charge in [0.15, 0.2) is 0 Å². The van der Waals surface area contributed by atoms with Crippen molar-refractivity contribution in [2.45, 2.75) is 26.8 Å². The zero-order chi connectivity index (χ0) is 13.0. The summed E-state index contributed by atoms with van der Waals surface area (Å²) in [5.74, 6) is -1.09. The largest absolute Gasteiger partial charge is 0.480 e. The second-order valence-electron chi connectivity index (χ2n) is 3.46. The molecule has 1 atom stereocenters. The van der Waals surface area contributed by atoms with Gasteiger partial charge in [0.25, 0.3) is 5.95 Å². The van der Waals surface area contributed by atoms with E-state index in [2.05, 4.69) is 25.8 Å². The number of carbonyl (C=O) groups is 2. The summed E-state index contributed by atoms with van der Waals surface area (Å²) in [6, 6.07) is -1.68. The summed E-state index contributed by atoms with van der Waals surface area (Å²) >= 11 is 0. The van der Waals surface area contributed by atoms with Crippen molar-refractivity contribution >= 4 is 17.9 Å². The van der Waals surface area contributed by atoms with Crippen molar-refractivity contribution in [2.75, 3.05) is 5.32 Å². The molecular weight excluding hydrogens is 226 g/mol. The van der Waals surface area contributed by atoms with Gasteiger partial charge in [0, 0.05) is 0 Å². The Morgan fingerprint density at radius 3 is 2.41 bits per heavy atom. The number of rotatable bonds is 3. The van der Waals surface area contributed by atoms with E-state index in [1.54, 1.807) is 13.8 Å². The molecule has 0 aliphatic rings. The number of nitrogens with zero attached hydrogens (tertiary/aromatic N) is 3. The van der Waals surface area contributed by atoms with E-state index in [1.165, 1.54) is 6.92 Å². The summed E-state index contributed by atoms with van der Waals surface area (Å²) in [6.07, 6.45) is 0. The standard InChI is InChI=1S/C9H13N5O3/c1-4-5(2)13-14-8(10-4)12-9(17)11-6(3)7(15)16/h6H,1-3H3,(H,15,16)(H2,10,11,12,14,17)/t6-/m1/s1. The van der Waals surface area contributed by atoms with Crippen LogP contribution in [0.3, 0.4) is 0 Å². The first-order valence-electron chi connectivity index (χ1n) is 4.88. The molecule has 92 valence electrons. The molecule has 0 aliphatic heterocycles. The maximum absolute atomic E-state index is 11.3. The monoisotopic (exact) mass is 239 g/mol. The third kappa shape index (κ3) is 3.67. The molecule has 1 rings (SSSR count). The number of anilines is 1. The van der Waals surface area contributed by atoms with Crippen LogP contribution in [0.15, 0.2) is 0 Å². The number of amides is 2. The fourth-order valence-corrected chi connectivity index (χ4v) is 0.906. The Morgan fingerprint density at radius 1 is 1.24 bits per heavy atom. The number of hydrogen-bond donors (Lipinski definition) is 3. The molecule has 8 heteroatoms. The minimum absolute atomic E-state index is 0.0307. The van der Waals surface area contributed by atoms with Crippen molar-refractivity contribution in [3.63, 3.8) is 0 Å². The molecule has 0 saturated carbocycles. The summed E-state index contributed by atoms with van der Waals surface area (Å²) in [5.41, 5.74) is 1.30. The van der Waals surface area contributed by atoms with Crippen LogP contribution in [0.25, 0.3) is 0 Å². The Morgan fingerprint density at radius 2 is 1.88 bits per heavy atom. The molecule has 0 radical (unpaired) electrons. The van der Waals surface area contributed by atoms with Gasteiger partial charge >= 0.3 is 12.0 Å². The first kappa shape index (κ1) is 12.8. The van der Waals surface area contributed by atoms with Crippen molar-refractivity contribution in [3.05, 3.63) is 11.4 Å². The molecule has 3 N–H and O–H groups in total. The van der Waals surface area contributed by atoms with Gasteiger partial charge < -0.3 is 10.4 Å². The van der Waals surface area contributed by atoms with Gasteiger partial charge in [-0.2, -0.15) is 5.10 Å². The predicted molar refractivity (Wildman–Crippen MR) is 58.6 cm³/mol. The van der Waals surface area contributed by atoms with E-state index in [1.807, 2.05) is 0 Å². The van der Waals surface area contributed by atoms with Crippen LogP contribution in [-0.4, -0.2) is 38.3 Å². The average molecular weight is 239 g/mol. The van der Waals surface area contributed by atoms with E-state index >= 15 is 0 Å². The van der Waals surface area contributed by atoms with Crippen LogP contribution in [0.1, 0.15) is 18.3 Å². The molecule has 2 amide bonds. The smallest absolute Gasteiger partial charge is 0.325 e. The summed E-state index contributed by atoms with van der Waals surface area (Å²) in [5, 5.41) is 20.5. The molecule has 0 unspecified atom stereocenters. The lowest BCUT2D eigenvalue weighted by molar-refractivity contribution is -0.138. The summed E-state index contributed by atoms with van der Waals surface area (Å²) in [6.45, 7) is 4.82. The van der Waals surface area contributed by atoms with Crippen LogP contribution >= 0.6 is 0 Å². The lowest BCUT2D eigenvalue weighted by Crippen LogP contribution is -2.41. The van der Waals surface area contributed by atoms with Crippen molar-refractivity contribution < 1.29 is 14.7 Å². The van der Waals surface area contributed by atoms with E-state index < -0.39 is 18.0 Å². The van der Waals surface area contributed by atoms with E-state index in [9.17, 15) is 9.59 Å². The zero-order valence-electron chi connectivity index (χ0n) is 9.68. The minimum Gasteiger partial charge on any atom is -0.480 e. The van der Waals surface area contributed by atoms with Gasteiger partial charge in [-0.05, 0) is 20.8 Å².